The van der Waals surface area contributed by atoms with Crippen molar-refractivity contribution in [2.75, 3.05) is 26.8 Å². The number of methoxy groups -OCH3 is 1. The third kappa shape index (κ3) is 2.41. The molecule has 19 heavy (non-hydrogen) atoms. The largest absolute Gasteiger partial charge is 0.383 e. The number of hydrogen-bond acceptors (Lipinski definition) is 4. The summed E-state index contributed by atoms with van der Waals surface area (Å²) in [5.41, 5.74) is 0.135. The number of carbonyl (C=O) groups excluding carboxylic acids is 2. The van der Waals surface area contributed by atoms with Crippen molar-refractivity contribution in [3.63, 3.8) is 0 Å². The fourth-order valence-electron chi connectivity index (χ4n) is 2.96. The van der Waals surface area contributed by atoms with Crippen LogP contribution in [0.4, 0.5) is 0 Å². The van der Waals surface area contributed by atoms with Crippen LogP contribution in [0.25, 0.3) is 0 Å². The van der Waals surface area contributed by atoms with Gasteiger partial charge in [-0.2, -0.15) is 5.26 Å². The molecule has 0 radical (unpaired) electrons. The molecule has 0 spiro atoms. The summed E-state index contributed by atoms with van der Waals surface area (Å²) in [6, 6.07) is 1.91. The van der Waals surface area contributed by atoms with Crippen LogP contribution in [0.2, 0.25) is 0 Å². The lowest BCUT2D eigenvalue weighted by atomic mass is 9.69. The van der Waals surface area contributed by atoms with E-state index in [9.17, 15) is 9.59 Å². The number of hydrogen-bond donors (Lipinski definition) is 0. The van der Waals surface area contributed by atoms with E-state index < -0.39 is 0 Å². The molecule has 1 amide bonds. The fourth-order valence-corrected chi connectivity index (χ4v) is 2.96. The summed E-state index contributed by atoms with van der Waals surface area (Å²) in [4.78, 5) is 26.1. The molecule has 0 saturated carbocycles. The number of carbonyl (C=O) groups is 2. The molecule has 0 aromatic carbocycles. The highest BCUT2D eigenvalue weighted by Gasteiger charge is 2.44. The smallest absolute Gasteiger partial charge is 0.229 e. The maximum Gasteiger partial charge on any atom is 0.229 e. The average molecular weight is 262 g/mol. The first kappa shape index (κ1) is 13.8. The number of nitrogens with zero attached hydrogens (tertiary/aromatic N) is 2. The van der Waals surface area contributed by atoms with Gasteiger partial charge in [-0.25, -0.2) is 0 Å². The maximum atomic E-state index is 12.4. The molecular formula is C14H18N2O3. The molecule has 2 aliphatic rings. The summed E-state index contributed by atoms with van der Waals surface area (Å²) in [7, 11) is 1.60. The number of amides is 1. The van der Waals surface area contributed by atoms with Crippen LogP contribution in [0.5, 0.6) is 0 Å². The Balaban J connectivity index is 2.22. The first-order valence-electron chi connectivity index (χ1n) is 6.54. The van der Waals surface area contributed by atoms with E-state index in [4.69, 9.17) is 10.00 Å². The van der Waals surface area contributed by atoms with Crippen LogP contribution in [0.3, 0.4) is 0 Å². The monoisotopic (exact) mass is 262 g/mol. The quantitative estimate of drug-likeness (QED) is 0.753. The number of fused-ring (bicyclic) bond motifs is 1. The lowest BCUT2D eigenvalue weighted by molar-refractivity contribution is -0.142. The van der Waals surface area contributed by atoms with E-state index in [1.165, 1.54) is 0 Å². The molecule has 1 aliphatic carbocycles. The van der Waals surface area contributed by atoms with Crippen molar-refractivity contribution in [1.82, 2.24) is 4.90 Å². The number of piperidine rings is 1. The van der Waals surface area contributed by atoms with Crippen LogP contribution in [0.15, 0.2) is 11.6 Å². The van der Waals surface area contributed by atoms with Crippen molar-refractivity contribution >= 4 is 11.7 Å². The zero-order valence-corrected chi connectivity index (χ0v) is 11.3. The van der Waals surface area contributed by atoms with E-state index >= 15 is 0 Å². The molecule has 5 heteroatoms. The molecule has 5 nitrogen and oxygen atoms in total. The lowest BCUT2D eigenvalue weighted by Gasteiger charge is -2.40. The van der Waals surface area contributed by atoms with Crippen molar-refractivity contribution in [3.8, 4) is 6.07 Å². The molecule has 1 aliphatic heterocycles. The Hall–Kier alpha value is -1.67. The first-order chi connectivity index (χ1) is 9.10. The molecule has 2 rings (SSSR count). The van der Waals surface area contributed by atoms with Gasteiger partial charge >= 0.3 is 0 Å². The Bertz CT molecular complexity index is 464. The number of allylic oxidation sites excluding steroid dienone is 1. The lowest BCUT2D eigenvalue weighted by Crippen LogP contribution is -2.50. The molecule has 0 aromatic heterocycles. The number of likely N-dealkylation sites (tertiary alicyclic amines) is 1. The van der Waals surface area contributed by atoms with Gasteiger partial charge in [0.05, 0.1) is 18.1 Å². The normalized spacial score (nSPS) is 30.7. The highest BCUT2D eigenvalue weighted by molar-refractivity contribution is 6.03. The second kappa shape index (κ2) is 5.54. The third-order valence-corrected chi connectivity index (χ3v) is 4.14. The van der Waals surface area contributed by atoms with Crippen LogP contribution in [-0.4, -0.2) is 43.4 Å². The summed E-state index contributed by atoms with van der Waals surface area (Å²) < 4.78 is 4.99. The molecule has 0 N–H and O–H groups in total. The fraction of sp³-hybridized carbons (Fsp3) is 0.643. The standard InChI is InChI=1S/C14H18N2O3/c1-9-11-3-4-16(5-6-19-2)14(18)12(11)7-10(8-15)13(9)17/h7,9,11-12H,3-6H2,1-2H3. The molecule has 1 saturated heterocycles. The SMILES string of the molecule is COCCN1CCC2C(C)C(=O)C(C#N)=CC2C1=O. The van der Waals surface area contributed by atoms with Crippen LogP contribution in [0, 0.1) is 29.1 Å². The molecule has 0 bridgehead atoms. The number of Topliss-reactive ketones (excluding diaryl/α,β-unsaturated/α-hetero) is 1. The number of ketones is 1. The molecule has 3 atom stereocenters. The Morgan fingerprint density at radius 3 is 2.89 bits per heavy atom. The van der Waals surface area contributed by atoms with Crippen molar-refractivity contribution in [2.24, 2.45) is 17.8 Å². The topological polar surface area (TPSA) is 70.4 Å². The first-order valence-corrected chi connectivity index (χ1v) is 6.54. The predicted molar refractivity (Wildman–Crippen MR) is 67.9 cm³/mol. The van der Waals surface area contributed by atoms with Crippen LogP contribution >= 0.6 is 0 Å². The zero-order chi connectivity index (χ0) is 14.0. The van der Waals surface area contributed by atoms with Gasteiger partial charge in [-0.1, -0.05) is 13.0 Å². The molecular weight excluding hydrogens is 244 g/mol. The molecule has 0 aromatic rings. The van der Waals surface area contributed by atoms with Crippen molar-refractivity contribution in [2.45, 2.75) is 13.3 Å². The minimum atomic E-state index is -0.326. The summed E-state index contributed by atoms with van der Waals surface area (Å²) in [6.45, 7) is 3.56. The minimum absolute atomic E-state index is 0.0143. The molecule has 1 fully saturated rings. The summed E-state index contributed by atoms with van der Waals surface area (Å²) >= 11 is 0. The van der Waals surface area contributed by atoms with Gasteiger partial charge in [0.1, 0.15) is 6.07 Å². The average Bonchev–Trinajstić information content (AvgIpc) is 2.42. The van der Waals surface area contributed by atoms with E-state index in [0.29, 0.717) is 19.7 Å². The summed E-state index contributed by atoms with van der Waals surface area (Å²) in [5.74, 6) is -0.635. The highest BCUT2D eigenvalue weighted by atomic mass is 16.5. The molecule has 1 heterocycles. The van der Waals surface area contributed by atoms with Crippen LogP contribution in [-0.2, 0) is 14.3 Å². The van der Waals surface area contributed by atoms with Crippen molar-refractivity contribution < 1.29 is 14.3 Å². The van der Waals surface area contributed by atoms with Gasteiger partial charge < -0.3 is 9.64 Å². The van der Waals surface area contributed by atoms with Crippen molar-refractivity contribution in [3.05, 3.63) is 11.6 Å². The van der Waals surface area contributed by atoms with E-state index in [1.54, 1.807) is 18.1 Å². The highest BCUT2D eigenvalue weighted by Crippen LogP contribution is 2.37. The Morgan fingerprint density at radius 2 is 2.26 bits per heavy atom. The van der Waals surface area contributed by atoms with Crippen molar-refractivity contribution in [1.29, 1.82) is 5.26 Å². The predicted octanol–water partition coefficient (Wildman–Crippen LogP) is 0.766. The second-order valence-electron chi connectivity index (χ2n) is 5.14. The maximum absolute atomic E-state index is 12.4. The van der Waals surface area contributed by atoms with Gasteiger partial charge in [0, 0.05) is 26.1 Å². The molecule has 102 valence electrons. The van der Waals surface area contributed by atoms with Gasteiger partial charge in [-0.3, -0.25) is 9.59 Å². The van der Waals surface area contributed by atoms with E-state index in [1.807, 2.05) is 13.0 Å². The van der Waals surface area contributed by atoms with Gasteiger partial charge in [0.25, 0.3) is 0 Å². The van der Waals surface area contributed by atoms with Gasteiger partial charge in [-0.15, -0.1) is 0 Å². The minimum Gasteiger partial charge on any atom is -0.383 e. The van der Waals surface area contributed by atoms with E-state index in [-0.39, 0.29) is 35.0 Å². The second-order valence-corrected chi connectivity index (χ2v) is 5.14. The summed E-state index contributed by atoms with van der Waals surface area (Å²) in [6.07, 6.45) is 2.37. The number of rotatable bonds is 3. The Kier molecular flexibility index (Phi) is 4.01. The van der Waals surface area contributed by atoms with E-state index in [0.717, 1.165) is 6.42 Å². The van der Waals surface area contributed by atoms with Gasteiger partial charge in [0.15, 0.2) is 5.78 Å². The number of nitriles is 1. The molecule has 3 unspecified atom stereocenters. The number of ether oxygens (including phenoxy) is 1. The third-order valence-electron chi connectivity index (χ3n) is 4.14. The van der Waals surface area contributed by atoms with Crippen LogP contribution in [0.1, 0.15) is 13.3 Å². The van der Waals surface area contributed by atoms with Gasteiger partial charge in [0.2, 0.25) is 5.91 Å². The zero-order valence-electron chi connectivity index (χ0n) is 11.3. The Labute approximate surface area is 112 Å². The van der Waals surface area contributed by atoms with E-state index in [2.05, 4.69) is 0 Å². The Morgan fingerprint density at radius 1 is 1.53 bits per heavy atom. The van der Waals surface area contributed by atoms with Gasteiger partial charge in [-0.05, 0) is 12.3 Å². The van der Waals surface area contributed by atoms with Crippen LogP contribution < -0.4 is 0 Å². The summed E-state index contributed by atoms with van der Waals surface area (Å²) in [5, 5.41) is 8.98.